The number of nitrogens with one attached hydrogen (secondary N) is 2. The Bertz CT molecular complexity index is 1010. The van der Waals surface area contributed by atoms with Crippen LogP contribution < -0.4 is 15.4 Å². The first kappa shape index (κ1) is 21.8. The SMILES string of the molecule is COc1ccccc1CNC(=O)C1CCC2S/C(=C/c3ccccc3Cl)C(=O)NC2C1. The van der Waals surface area contributed by atoms with E-state index in [0.717, 1.165) is 29.7 Å². The number of hydrogen-bond donors (Lipinski definition) is 2. The molecule has 5 nitrogen and oxygen atoms in total. The molecule has 2 aromatic rings. The van der Waals surface area contributed by atoms with Crippen LogP contribution in [0.2, 0.25) is 5.02 Å². The zero-order chi connectivity index (χ0) is 21.8. The Morgan fingerprint density at radius 1 is 1.23 bits per heavy atom. The van der Waals surface area contributed by atoms with Gasteiger partial charge in [0.2, 0.25) is 5.91 Å². The number of thioether (sulfide) groups is 1. The number of ether oxygens (including phenoxy) is 1. The van der Waals surface area contributed by atoms with Gasteiger partial charge in [-0.15, -0.1) is 11.8 Å². The molecule has 2 aliphatic rings. The van der Waals surface area contributed by atoms with Crippen molar-refractivity contribution in [2.75, 3.05) is 7.11 Å². The summed E-state index contributed by atoms with van der Waals surface area (Å²) in [5, 5.41) is 7.04. The predicted molar refractivity (Wildman–Crippen MR) is 125 cm³/mol. The van der Waals surface area contributed by atoms with Crippen LogP contribution in [0.3, 0.4) is 0 Å². The highest BCUT2D eigenvalue weighted by molar-refractivity contribution is 8.04. The van der Waals surface area contributed by atoms with Gasteiger partial charge in [-0.1, -0.05) is 48.0 Å². The normalized spacial score (nSPS) is 24.3. The number of benzene rings is 2. The summed E-state index contributed by atoms with van der Waals surface area (Å²) >= 11 is 7.84. The quantitative estimate of drug-likeness (QED) is 0.654. The van der Waals surface area contributed by atoms with Crippen molar-refractivity contribution in [2.24, 2.45) is 5.92 Å². The molecule has 0 aromatic heterocycles. The number of carbonyl (C=O) groups is 2. The van der Waals surface area contributed by atoms with Crippen LogP contribution in [0.1, 0.15) is 30.4 Å². The lowest BCUT2D eigenvalue weighted by Gasteiger charge is -2.39. The second-order valence-corrected chi connectivity index (χ2v) is 9.49. The summed E-state index contributed by atoms with van der Waals surface area (Å²) in [7, 11) is 1.62. The molecule has 0 bridgehead atoms. The Balaban J connectivity index is 1.36. The Labute approximate surface area is 191 Å². The van der Waals surface area contributed by atoms with Crippen molar-refractivity contribution in [1.29, 1.82) is 0 Å². The van der Waals surface area contributed by atoms with Crippen molar-refractivity contribution in [1.82, 2.24) is 10.6 Å². The minimum Gasteiger partial charge on any atom is -0.496 e. The maximum Gasteiger partial charge on any atom is 0.257 e. The molecule has 2 amide bonds. The van der Waals surface area contributed by atoms with E-state index < -0.39 is 0 Å². The van der Waals surface area contributed by atoms with Crippen LogP contribution >= 0.6 is 23.4 Å². The summed E-state index contributed by atoms with van der Waals surface area (Å²) in [6.07, 6.45) is 4.19. The standard InChI is InChI=1S/C24H25ClN2O3S/c1-30-20-9-5-3-7-17(20)14-26-23(28)16-10-11-21-19(12-16)27-24(29)22(31-21)13-15-6-2-4-8-18(15)25/h2-9,13,16,19,21H,10-12,14H2,1H3,(H,26,28)(H,27,29)/b22-13+. The largest absolute Gasteiger partial charge is 0.496 e. The summed E-state index contributed by atoms with van der Waals surface area (Å²) in [6, 6.07) is 15.2. The zero-order valence-corrected chi connectivity index (χ0v) is 18.8. The van der Waals surface area contributed by atoms with E-state index in [0.29, 0.717) is 22.9 Å². The highest BCUT2D eigenvalue weighted by Gasteiger charge is 2.39. The smallest absolute Gasteiger partial charge is 0.257 e. The minimum atomic E-state index is -0.106. The predicted octanol–water partition coefficient (Wildman–Crippen LogP) is 4.41. The number of amides is 2. The van der Waals surface area contributed by atoms with Crippen molar-refractivity contribution < 1.29 is 14.3 Å². The molecule has 0 radical (unpaired) electrons. The van der Waals surface area contributed by atoms with Gasteiger partial charge in [0.05, 0.1) is 12.0 Å². The van der Waals surface area contributed by atoms with Crippen molar-refractivity contribution in [2.45, 2.75) is 37.1 Å². The third-order valence-electron chi connectivity index (χ3n) is 5.81. The van der Waals surface area contributed by atoms with E-state index in [1.165, 1.54) is 0 Å². The topological polar surface area (TPSA) is 67.4 Å². The Morgan fingerprint density at radius 2 is 2.00 bits per heavy atom. The average molecular weight is 457 g/mol. The van der Waals surface area contributed by atoms with Gasteiger partial charge in [-0.2, -0.15) is 0 Å². The molecule has 0 spiro atoms. The zero-order valence-electron chi connectivity index (χ0n) is 17.3. The minimum absolute atomic E-state index is 0.00310. The third kappa shape index (κ3) is 5.08. The summed E-state index contributed by atoms with van der Waals surface area (Å²) in [4.78, 5) is 26.1. The van der Waals surface area contributed by atoms with E-state index >= 15 is 0 Å². The number of hydrogen-bond acceptors (Lipinski definition) is 4. The average Bonchev–Trinajstić information content (AvgIpc) is 2.79. The fourth-order valence-corrected chi connectivity index (χ4v) is 5.61. The van der Waals surface area contributed by atoms with Crippen LogP contribution in [-0.4, -0.2) is 30.2 Å². The van der Waals surface area contributed by atoms with Crippen molar-refractivity contribution in [3.8, 4) is 5.75 Å². The Morgan fingerprint density at radius 3 is 2.81 bits per heavy atom. The molecule has 1 heterocycles. The van der Waals surface area contributed by atoms with Gasteiger partial charge in [0.1, 0.15) is 5.75 Å². The Kier molecular flexibility index (Phi) is 6.88. The van der Waals surface area contributed by atoms with E-state index in [1.807, 2.05) is 54.6 Å². The molecule has 1 aliphatic carbocycles. The van der Waals surface area contributed by atoms with Gasteiger partial charge in [-0.25, -0.2) is 0 Å². The first-order chi connectivity index (χ1) is 15.0. The molecule has 1 saturated heterocycles. The second kappa shape index (κ2) is 9.79. The van der Waals surface area contributed by atoms with Crippen LogP contribution in [0.4, 0.5) is 0 Å². The molecular formula is C24H25ClN2O3S. The maximum atomic E-state index is 12.8. The molecular weight excluding hydrogens is 432 g/mol. The molecule has 3 unspecified atom stereocenters. The van der Waals surface area contributed by atoms with Crippen molar-refractivity contribution in [3.05, 3.63) is 69.6 Å². The molecule has 2 N–H and O–H groups in total. The molecule has 2 fully saturated rings. The van der Waals surface area contributed by atoms with Crippen molar-refractivity contribution in [3.63, 3.8) is 0 Å². The fraction of sp³-hybridized carbons (Fsp3) is 0.333. The van der Waals surface area contributed by atoms with Crippen molar-refractivity contribution >= 4 is 41.3 Å². The van der Waals surface area contributed by atoms with Crippen LogP contribution in [0.5, 0.6) is 5.75 Å². The van der Waals surface area contributed by atoms with Gasteiger partial charge in [0.25, 0.3) is 5.91 Å². The number of fused-ring (bicyclic) bond motifs is 1. The van der Waals surface area contributed by atoms with E-state index in [9.17, 15) is 9.59 Å². The summed E-state index contributed by atoms with van der Waals surface area (Å²) < 4.78 is 5.35. The highest BCUT2D eigenvalue weighted by Crippen LogP contribution is 2.40. The number of methoxy groups -OCH3 is 1. The third-order valence-corrected chi connectivity index (χ3v) is 7.58. The van der Waals surface area contributed by atoms with Crippen LogP contribution in [0.15, 0.2) is 53.4 Å². The summed E-state index contributed by atoms with van der Waals surface area (Å²) in [5.74, 6) is 0.591. The number of carbonyl (C=O) groups excluding carboxylic acids is 2. The maximum absolute atomic E-state index is 12.8. The van der Waals surface area contributed by atoms with Gasteiger partial charge in [-0.3, -0.25) is 9.59 Å². The first-order valence-electron chi connectivity index (χ1n) is 10.4. The van der Waals surface area contributed by atoms with E-state index in [1.54, 1.807) is 18.9 Å². The molecule has 1 saturated carbocycles. The lowest BCUT2D eigenvalue weighted by molar-refractivity contribution is -0.127. The lowest BCUT2D eigenvalue weighted by atomic mass is 9.84. The summed E-state index contributed by atoms with van der Waals surface area (Å²) in [5.41, 5.74) is 1.78. The van der Waals surface area contributed by atoms with Crippen LogP contribution in [-0.2, 0) is 16.1 Å². The van der Waals surface area contributed by atoms with E-state index in [2.05, 4.69) is 10.6 Å². The first-order valence-corrected chi connectivity index (χ1v) is 11.6. The molecule has 162 valence electrons. The number of rotatable bonds is 5. The van der Waals surface area contributed by atoms with Crippen LogP contribution in [0, 0.1) is 5.92 Å². The van der Waals surface area contributed by atoms with Crippen LogP contribution in [0.25, 0.3) is 6.08 Å². The number of para-hydroxylation sites is 1. The fourth-order valence-electron chi connectivity index (χ4n) is 4.14. The second-order valence-electron chi connectivity index (χ2n) is 7.81. The molecule has 31 heavy (non-hydrogen) atoms. The molecule has 2 aromatic carbocycles. The molecule has 1 aliphatic heterocycles. The number of halogens is 1. The van der Waals surface area contributed by atoms with Gasteiger partial charge < -0.3 is 15.4 Å². The molecule has 7 heteroatoms. The summed E-state index contributed by atoms with van der Waals surface area (Å²) in [6.45, 7) is 0.430. The van der Waals surface area contributed by atoms with Gasteiger partial charge >= 0.3 is 0 Å². The Hall–Kier alpha value is -2.44. The van der Waals surface area contributed by atoms with Gasteiger partial charge in [-0.05, 0) is 43.0 Å². The van der Waals surface area contributed by atoms with E-state index in [4.69, 9.17) is 16.3 Å². The molecule has 4 rings (SSSR count). The lowest BCUT2D eigenvalue weighted by Crippen LogP contribution is -2.51. The monoisotopic (exact) mass is 456 g/mol. The van der Waals surface area contributed by atoms with Gasteiger partial charge in [0, 0.05) is 34.3 Å². The highest BCUT2D eigenvalue weighted by atomic mass is 35.5. The van der Waals surface area contributed by atoms with Gasteiger partial charge in [0.15, 0.2) is 0 Å². The molecule has 3 atom stereocenters. The van der Waals surface area contributed by atoms with E-state index in [-0.39, 0.29) is 29.0 Å².